The minimum Gasteiger partial charge on any atom is -0.444 e. The fourth-order valence-electron chi connectivity index (χ4n) is 1.70. The fraction of sp³-hybridized carbons (Fsp3) is 0.818. The van der Waals surface area contributed by atoms with E-state index in [1.165, 1.54) is 0 Å². The number of carbonyl (C=O) groups excluding carboxylic acids is 2. The predicted octanol–water partition coefficient (Wildman–Crippen LogP) is 0.831. The van der Waals surface area contributed by atoms with Crippen molar-refractivity contribution >= 4 is 12.4 Å². The third-order valence-electron chi connectivity index (χ3n) is 2.32. The molecule has 16 heavy (non-hydrogen) atoms. The Labute approximate surface area is 95.9 Å². The van der Waals surface area contributed by atoms with Crippen molar-refractivity contribution in [3.63, 3.8) is 0 Å². The SMILES string of the molecule is CC(C)(C)OC(=O)NC1CNC(CC=O)C1. The van der Waals surface area contributed by atoms with E-state index >= 15 is 0 Å². The molecule has 0 aromatic carbocycles. The maximum atomic E-state index is 11.4. The number of rotatable bonds is 3. The number of aldehydes is 1. The summed E-state index contributed by atoms with van der Waals surface area (Å²) in [7, 11) is 0. The second-order valence-electron chi connectivity index (χ2n) is 5.09. The van der Waals surface area contributed by atoms with Crippen LogP contribution >= 0.6 is 0 Å². The lowest BCUT2D eigenvalue weighted by Crippen LogP contribution is -2.40. The predicted molar refractivity (Wildman–Crippen MR) is 60.2 cm³/mol. The molecule has 2 unspecified atom stereocenters. The van der Waals surface area contributed by atoms with Crippen LogP contribution in [-0.4, -0.2) is 36.6 Å². The minimum absolute atomic E-state index is 0.0554. The highest BCUT2D eigenvalue weighted by molar-refractivity contribution is 5.68. The zero-order chi connectivity index (χ0) is 12.2. The zero-order valence-corrected chi connectivity index (χ0v) is 10.1. The number of hydrogen-bond acceptors (Lipinski definition) is 4. The van der Waals surface area contributed by atoms with Crippen molar-refractivity contribution in [1.29, 1.82) is 0 Å². The van der Waals surface area contributed by atoms with Crippen molar-refractivity contribution in [2.75, 3.05) is 6.54 Å². The highest BCUT2D eigenvalue weighted by Crippen LogP contribution is 2.11. The molecule has 0 aromatic heterocycles. The number of alkyl carbamates (subject to hydrolysis) is 1. The molecule has 0 aromatic rings. The molecule has 1 amide bonds. The van der Waals surface area contributed by atoms with Gasteiger partial charge < -0.3 is 20.2 Å². The summed E-state index contributed by atoms with van der Waals surface area (Å²) < 4.78 is 5.15. The van der Waals surface area contributed by atoms with Crippen LogP contribution in [0.2, 0.25) is 0 Å². The first-order valence-corrected chi connectivity index (χ1v) is 5.57. The number of ether oxygens (including phenoxy) is 1. The van der Waals surface area contributed by atoms with Crippen LogP contribution in [0.5, 0.6) is 0 Å². The first-order chi connectivity index (χ1) is 7.40. The molecule has 5 nitrogen and oxygen atoms in total. The summed E-state index contributed by atoms with van der Waals surface area (Å²) in [6.45, 7) is 6.18. The first kappa shape index (κ1) is 13.0. The van der Waals surface area contributed by atoms with Gasteiger partial charge >= 0.3 is 6.09 Å². The Hall–Kier alpha value is -1.10. The van der Waals surface area contributed by atoms with E-state index in [1.54, 1.807) is 0 Å². The van der Waals surface area contributed by atoms with Crippen molar-refractivity contribution in [3.05, 3.63) is 0 Å². The highest BCUT2D eigenvalue weighted by Gasteiger charge is 2.26. The summed E-state index contributed by atoms with van der Waals surface area (Å²) in [6, 6.07) is 0.234. The summed E-state index contributed by atoms with van der Waals surface area (Å²) in [5.41, 5.74) is -0.474. The number of carbonyl (C=O) groups is 2. The molecule has 2 atom stereocenters. The summed E-state index contributed by atoms with van der Waals surface area (Å²) in [5, 5.41) is 5.96. The number of hydrogen-bond donors (Lipinski definition) is 2. The molecule has 92 valence electrons. The molecular formula is C11H20N2O3. The van der Waals surface area contributed by atoms with Crippen molar-refractivity contribution in [1.82, 2.24) is 10.6 Å². The van der Waals surface area contributed by atoms with Gasteiger partial charge in [0, 0.05) is 25.0 Å². The average molecular weight is 228 g/mol. The summed E-state index contributed by atoms with van der Waals surface area (Å²) in [6.07, 6.45) is 1.77. The molecule has 1 aliphatic heterocycles. The van der Waals surface area contributed by atoms with E-state index in [0.717, 1.165) is 12.7 Å². The van der Waals surface area contributed by atoms with Crippen LogP contribution in [0.15, 0.2) is 0 Å². The van der Waals surface area contributed by atoms with Crippen molar-refractivity contribution < 1.29 is 14.3 Å². The molecule has 0 spiro atoms. The van der Waals surface area contributed by atoms with Gasteiger partial charge in [0.25, 0.3) is 0 Å². The molecule has 0 bridgehead atoms. The van der Waals surface area contributed by atoms with Gasteiger partial charge in [-0.3, -0.25) is 0 Å². The van der Waals surface area contributed by atoms with Crippen molar-refractivity contribution in [3.8, 4) is 0 Å². The van der Waals surface area contributed by atoms with Crippen LogP contribution in [0, 0.1) is 0 Å². The molecule has 1 rings (SSSR count). The van der Waals surface area contributed by atoms with E-state index in [2.05, 4.69) is 10.6 Å². The van der Waals surface area contributed by atoms with Gasteiger partial charge in [0.05, 0.1) is 0 Å². The van der Waals surface area contributed by atoms with Crippen LogP contribution in [0.1, 0.15) is 33.6 Å². The van der Waals surface area contributed by atoms with Gasteiger partial charge in [-0.15, -0.1) is 0 Å². The summed E-state index contributed by atoms with van der Waals surface area (Å²) >= 11 is 0. The molecular weight excluding hydrogens is 208 g/mol. The van der Waals surface area contributed by atoms with Gasteiger partial charge in [-0.25, -0.2) is 4.79 Å². The Balaban J connectivity index is 2.28. The Morgan fingerprint density at radius 3 is 2.81 bits per heavy atom. The lowest BCUT2D eigenvalue weighted by atomic mass is 10.1. The van der Waals surface area contributed by atoms with Crippen LogP contribution in [0.25, 0.3) is 0 Å². The van der Waals surface area contributed by atoms with Crippen LogP contribution in [0.4, 0.5) is 4.79 Å². The monoisotopic (exact) mass is 228 g/mol. The van der Waals surface area contributed by atoms with Gasteiger partial charge in [0.1, 0.15) is 11.9 Å². The van der Waals surface area contributed by atoms with Gasteiger partial charge in [0.2, 0.25) is 0 Å². The molecule has 0 radical (unpaired) electrons. The normalized spacial score (nSPS) is 25.2. The smallest absolute Gasteiger partial charge is 0.407 e. The zero-order valence-electron chi connectivity index (χ0n) is 10.1. The largest absolute Gasteiger partial charge is 0.444 e. The molecule has 0 aliphatic carbocycles. The minimum atomic E-state index is -0.474. The van der Waals surface area contributed by atoms with E-state index in [9.17, 15) is 9.59 Å². The maximum absolute atomic E-state index is 11.4. The fourth-order valence-corrected chi connectivity index (χ4v) is 1.70. The lowest BCUT2D eigenvalue weighted by molar-refractivity contribution is -0.108. The molecule has 1 saturated heterocycles. The number of amides is 1. The summed E-state index contributed by atoms with van der Waals surface area (Å²) in [4.78, 5) is 21.8. The van der Waals surface area contributed by atoms with Crippen molar-refractivity contribution in [2.24, 2.45) is 0 Å². The molecule has 1 fully saturated rings. The Bertz CT molecular complexity index is 260. The van der Waals surface area contributed by atoms with Gasteiger partial charge in [-0.1, -0.05) is 0 Å². The van der Waals surface area contributed by atoms with E-state index in [4.69, 9.17) is 4.74 Å². The first-order valence-electron chi connectivity index (χ1n) is 5.57. The quantitative estimate of drug-likeness (QED) is 0.702. The third kappa shape index (κ3) is 4.61. The Morgan fingerprint density at radius 1 is 1.56 bits per heavy atom. The highest BCUT2D eigenvalue weighted by atomic mass is 16.6. The van der Waals surface area contributed by atoms with Crippen LogP contribution < -0.4 is 10.6 Å². The maximum Gasteiger partial charge on any atom is 0.407 e. The van der Waals surface area contributed by atoms with Crippen molar-refractivity contribution in [2.45, 2.75) is 51.3 Å². The second-order valence-corrected chi connectivity index (χ2v) is 5.09. The Morgan fingerprint density at radius 2 is 2.25 bits per heavy atom. The average Bonchev–Trinajstić information content (AvgIpc) is 2.49. The molecule has 1 heterocycles. The second kappa shape index (κ2) is 5.30. The van der Waals surface area contributed by atoms with E-state index in [0.29, 0.717) is 13.0 Å². The summed E-state index contributed by atoms with van der Waals surface area (Å²) in [5.74, 6) is 0. The number of nitrogens with one attached hydrogen (secondary N) is 2. The topological polar surface area (TPSA) is 67.4 Å². The third-order valence-corrected chi connectivity index (χ3v) is 2.32. The lowest BCUT2D eigenvalue weighted by Gasteiger charge is -2.21. The molecule has 0 saturated carbocycles. The van der Waals surface area contributed by atoms with Crippen LogP contribution in [-0.2, 0) is 9.53 Å². The van der Waals surface area contributed by atoms with Crippen LogP contribution in [0.3, 0.4) is 0 Å². The molecule has 1 aliphatic rings. The Kier molecular flexibility index (Phi) is 4.29. The van der Waals surface area contributed by atoms with E-state index in [1.807, 2.05) is 20.8 Å². The standard InChI is InChI=1S/C11H20N2O3/c1-11(2,3)16-10(15)13-9-6-8(4-5-14)12-7-9/h5,8-9,12H,4,6-7H2,1-3H3,(H,13,15). The molecule has 5 heteroatoms. The van der Waals surface area contributed by atoms with E-state index in [-0.39, 0.29) is 12.1 Å². The van der Waals surface area contributed by atoms with Gasteiger partial charge in [-0.05, 0) is 27.2 Å². The van der Waals surface area contributed by atoms with E-state index < -0.39 is 11.7 Å². The van der Waals surface area contributed by atoms with Gasteiger partial charge in [-0.2, -0.15) is 0 Å². The molecule has 2 N–H and O–H groups in total. The van der Waals surface area contributed by atoms with Gasteiger partial charge in [0.15, 0.2) is 0 Å².